The van der Waals surface area contributed by atoms with Crippen molar-refractivity contribution >= 4 is 23.8 Å². The molecule has 1 N–H and O–H groups in total. The summed E-state index contributed by atoms with van der Waals surface area (Å²) in [7, 11) is 0. The molecule has 0 aliphatic carbocycles. The molecule has 0 aromatic heterocycles. The quantitative estimate of drug-likeness (QED) is 0.120. The van der Waals surface area contributed by atoms with Crippen LogP contribution in [0.3, 0.4) is 0 Å². The molecule has 1 heterocycles. The van der Waals surface area contributed by atoms with Gasteiger partial charge in [-0.1, -0.05) is 5.11 Å². The Morgan fingerprint density at radius 1 is 1.00 bits per heavy atom. The Labute approximate surface area is 179 Å². The normalized spacial score (nSPS) is 25.0. The lowest BCUT2D eigenvalue weighted by Crippen LogP contribution is -2.66. The third-order valence-corrected chi connectivity index (χ3v) is 4.07. The molecule has 0 bridgehead atoms. The number of carbonyl (C=O) groups excluding carboxylic acids is 4. The van der Waals surface area contributed by atoms with Crippen LogP contribution in [0.15, 0.2) is 5.11 Å². The van der Waals surface area contributed by atoms with Gasteiger partial charge in [-0.2, -0.15) is 0 Å². The van der Waals surface area contributed by atoms with Crippen molar-refractivity contribution in [2.75, 3.05) is 19.8 Å². The predicted molar refractivity (Wildman–Crippen MR) is 103 cm³/mol. The Kier molecular flexibility index (Phi) is 11.3. The highest BCUT2D eigenvalue weighted by Crippen LogP contribution is 2.28. The summed E-state index contributed by atoms with van der Waals surface area (Å²) >= 11 is 0. The fourth-order valence-corrected chi connectivity index (χ4v) is 2.96. The number of azide groups is 1. The first kappa shape index (κ1) is 26.1. The van der Waals surface area contributed by atoms with Gasteiger partial charge in [0.2, 0.25) is 5.91 Å². The zero-order valence-electron chi connectivity index (χ0n) is 17.9. The van der Waals surface area contributed by atoms with Gasteiger partial charge in [-0.05, 0) is 18.4 Å². The number of amides is 1. The van der Waals surface area contributed by atoms with E-state index in [1.54, 1.807) is 0 Å². The first-order chi connectivity index (χ1) is 14.6. The molecule has 1 rings (SSSR count). The number of ether oxygens (including phenoxy) is 5. The van der Waals surface area contributed by atoms with Crippen LogP contribution in [0.5, 0.6) is 0 Å². The maximum Gasteiger partial charge on any atom is 0.303 e. The molecule has 1 aliphatic heterocycles. The molecule has 31 heavy (non-hydrogen) atoms. The highest BCUT2D eigenvalue weighted by Gasteiger charge is 2.51. The maximum absolute atomic E-state index is 11.8. The lowest BCUT2D eigenvalue weighted by molar-refractivity contribution is -0.277. The van der Waals surface area contributed by atoms with Crippen molar-refractivity contribution in [1.29, 1.82) is 0 Å². The van der Waals surface area contributed by atoms with Gasteiger partial charge < -0.3 is 29.0 Å². The molecule has 174 valence electrons. The Balaban J connectivity index is 3.11. The summed E-state index contributed by atoms with van der Waals surface area (Å²) in [6.45, 7) is 4.95. The van der Waals surface area contributed by atoms with Crippen LogP contribution in [-0.4, -0.2) is 74.2 Å². The van der Waals surface area contributed by atoms with E-state index in [9.17, 15) is 19.2 Å². The van der Waals surface area contributed by atoms with E-state index in [2.05, 4.69) is 15.3 Å². The molecule has 1 saturated heterocycles. The van der Waals surface area contributed by atoms with Crippen LogP contribution in [-0.2, 0) is 42.9 Å². The number of carbonyl (C=O) groups is 4. The molecule has 1 fully saturated rings. The van der Waals surface area contributed by atoms with Crippen LogP contribution in [0.25, 0.3) is 10.4 Å². The molecule has 5 atom stereocenters. The van der Waals surface area contributed by atoms with Crippen molar-refractivity contribution < 1.29 is 42.9 Å². The molecule has 0 aromatic carbocycles. The summed E-state index contributed by atoms with van der Waals surface area (Å²) in [4.78, 5) is 49.1. The number of rotatable bonds is 11. The topological polar surface area (TPSA) is 175 Å². The molecule has 0 saturated carbocycles. The maximum atomic E-state index is 11.8. The molecule has 13 nitrogen and oxygen atoms in total. The first-order valence-electron chi connectivity index (χ1n) is 9.68. The molecule has 0 spiro atoms. The van der Waals surface area contributed by atoms with Crippen LogP contribution in [0, 0.1) is 0 Å². The Bertz CT molecular complexity index is 696. The molecular formula is C18H28N4O9. The van der Waals surface area contributed by atoms with Crippen LogP contribution in [0.2, 0.25) is 0 Å². The van der Waals surface area contributed by atoms with E-state index in [0.717, 1.165) is 13.8 Å². The zero-order valence-corrected chi connectivity index (χ0v) is 17.9. The fourth-order valence-electron chi connectivity index (χ4n) is 2.96. The summed E-state index contributed by atoms with van der Waals surface area (Å²) in [5.74, 6) is -2.41. The van der Waals surface area contributed by atoms with Gasteiger partial charge in [0.25, 0.3) is 0 Å². The van der Waals surface area contributed by atoms with Gasteiger partial charge in [-0.25, -0.2) is 0 Å². The highest BCUT2D eigenvalue weighted by atomic mass is 16.7. The molecule has 1 aliphatic rings. The summed E-state index contributed by atoms with van der Waals surface area (Å²) < 4.78 is 27.2. The van der Waals surface area contributed by atoms with Gasteiger partial charge in [0.05, 0.1) is 0 Å². The Hall–Kier alpha value is -2.89. The minimum atomic E-state index is -1.16. The summed E-state index contributed by atoms with van der Waals surface area (Å²) in [6.07, 6.45) is -3.36. The van der Waals surface area contributed by atoms with Gasteiger partial charge in [0.15, 0.2) is 18.5 Å². The van der Waals surface area contributed by atoms with Crippen LogP contribution in [0.4, 0.5) is 0 Å². The van der Waals surface area contributed by atoms with Crippen molar-refractivity contribution in [3.8, 4) is 0 Å². The molecule has 0 radical (unpaired) electrons. The largest absolute Gasteiger partial charge is 0.463 e. The average Bonchev–Trinajstić information content (AvgIpc) is 2.66. The SMILES string of the molecule is CC(=O)N[C@H]1[C@H](OCCCCN=[N+]=[N-])O[C@H](COC(C)=O)[C@@H](OC(C)=O)[C@@H]1OC(C)=O. The fraction of sp³-hybridized carbons (Fsp3) is 0.778. The number of nitrogens with one attached hydrogen (secondary N) is 1. The highest BCUT2D eigenvalue weighted by molar-refractivity contribution is 5.73. The minimum Gasteiger partial charge on any atom is -0.463 e. The summed E-state index contributed by atoms with van der Waals surface area (Å²) in [5, 5.41) is 6.03. The van der Waals surface area contributed by atoms with E-state index >= 15 is 0 Å². The molecule has 0 aromatic rings. The first-order valence-corrected chi connectivity index (χ1v) is 9.68. The molecule has 1 amide bonds. The van der Waals surface area contributed by atoms with Gasteiger partial charge in [0.1, 0.15) is 18.8 Å². The number of hydrogen-bond donors (Lipinski definition) is 1. The molecular weight excluding hydrogens is 416 g/mol. The third-order valence-electron chi connectivity index (χ3n) is 4.07. The third kappa shape index (κ3) is 9.64. The minimum absolute atomic E-state index is 0.174. The second kappa shape index (κ2) is 13.4. The van der Waals surface area contributed by atoms with Gasteiger partial charge in [-0.15, -0.1) is 0 Å². The van der Waals surface area contributed by atoms with Gasteiger partial charge in [-0.3, -0.25) is 19.2 Å². The lowest BCUT2D eigenvalue weighted by Gasteiger charge is -2.44. The predicted octanol–water partition coefficient (Wildman–Crippen LogP) is 0.750. The van der Waals surface area contributed by atoms with Crippen molar-refractivity contribution in [2.45, 2.75) is 71.2 Å². The zero-order chi connectivity index (χ0) is 23.4. The Morgan fingerprint density at radius 3 is 2.19 bits per heavy atom. The molecule has 13 heteroatoms. The van der Waals surface area contributed by atoms with Crippen LogP contribution < -0.4 is 5.32 Å². The van der Waals surface area contributed by atoms with Crippen molar-refractivity contribution in [2.24, 2.45) is 5.11 Å². The average molecular weight is 444 g/mol. The van der Waals surface area contributed by atoms with Crippen molar-refractivity contribution in [3.05, 3.63) is 10.4 Å². The van der Waals surface area contributed by atoms with Gasteiger partial charge in [0, 0.05) is 45.8 Å². The van der Waals surface area contributed by atoms with Crippen LogP contribution in [0.1, 0.15) is 40.5 Å². The number of esters is 3. The smallest absolute Gasteiger partial charge is 0.303 e. The second-order valence-electron chi connectivity index (χ2n) is 6.75. The van der Waals surface area contributed by atoms with E-state index < -0.39 is 54.5 Å². The van der Waals surface area contributed by atoms with E-state index in [1.807, 2.05) is 0 Å². The number of unbranched alkanes of at least 4 members (excludes halogenated alkanes) is 1. The van der Waals surface area contributed by atoms with E-state index in [-0.39, 0.29) is 13.2 Å². The van der Waals surface area contributed by atoms with E-state index in [0.29, 0.717) is 19.4 Å². The van der Waals surface area contributed by atoms with E-state index in [1.165, 1.54) is 13.8 Å². The van der Waals surface area contributed by atoms with Gasteiger partial charge >= 0.3 is 17.9 Å². The van der Waals surface area contributed by atoms with E-state index in [4.69, 9.17) is 29.2 Å². The summed E-state index contributed by atoms with van der Waals surface area (Å²) in [6, 6.07) is -1.00. The summed E-state index contributed by atoms with van der Waals surface area (Å²) in [5.41, 5.74) is 8.31. The molecule has 0 unspecified atom stereocenters. The Morgan fingerprint density at radius 2 is 1.65 bits per heavy atom. The number of hydrogen-bond acceptors (Lipinski definition) is 10. The number of nitrogens with zero attached hydrogens (tertiary/aromatic N) is 3. The monoisotopic (exact) mass is 444 g/mol. The van der Waals surface area contributed by atoms with Crippen molar-refractivity contribution in [3.63, 3.8) is 0 Å². The van der Waals surface area contributed by atoms with Crippen LogP contribution >= 0.6 is 0 Å². The second-order valence-corrected chi connectivity index (χ2v) is 6.75. The lowest BCUT2D eigenvalue weighted by atomic mass is 9.96. The van der Waals surface area contributed by atoms with Crippen molar-refractivity contribution in [1.82, 2.24) is 5.32 Å². The standard InChI is InChI=1S/C18H28N4O9/c1-10(23)21-15-17(30-13(4)26)16(29-12(3)25)14(9-28-11(2)24)31-18(15)27-8-6-5-7-20-22-19/h14-18H,5-9H2,1-4H3,(H,21,23)/t14-,15-,16-,17-,18-/m1/s1.